The van der Waals surface area contributed by atoms with E-state index in [9.17, 15) is 14.0 Å². The maximum Gasteiger partial charge on any atom is 0.256 e. The van der Waals surface area contributed by atoms with E-state index >= 15 is 0 Å². The predicted octanol–water partition coefficient (Wildman–Crippen LogP) is 2.28. The van der Waals surface area contributed by atoms with Crippen LogP contribution in [0.1, 0.15) is 34.3 Å². The molecule has 0 unspecified atom stereocenters. The summed E-state index contributed by atoms with van der Waals surface area (Å²) in [5.74, 6) is -0.628. The lowest BCUT2D eigenvalue weighted by Crippen LogP contribution is -2.43. The number of carbonyl (C=O) groups is 2. The van der Waals surface area contributed by atoms with Gasteiger partial charge in [0.25, 0.3) is 5.91 Å². The topological polar surface area (TPSA) is 93.0 Å². The highest BCUT2D eigenvalue weighted by molar-refractivity contribution is 5.98. The van der Waals surface area contributed by atoms with Crippen molar-refractivity contribution in [2.45, 2.75) is 26.3 Å². The summed E-state index contributed by atoms with van der Waals surface area (Å²) in [6.07, 6.45) is 2.60. The minimum Gasteiger partial charge on any atom is -0.352 e. The van der Waals surface area contributed by atoms with Gasteiger partial charge < -0.3 is 10.2 Å². The summed E-state index contributed by atoms with van der Waals surface area (Å²) in [6, 6.07) is 12.1. The first kappa shape index (κ1) is 20.6. The average Bonchev–Trinajstić information content (AvgIpc) is 3.34. The SMILES string of the molecule is Cc1ccc(CNC(=O)C2CCN(C(=O)c3ccccc3-n3cnnn3)CC2)cc1F. The Kier molecular flexibility index (Phi) is 6.01. The van der Waals surface area contributed by atoms with E-state index in [0.717, 1.165) is 5.56 Å². The minimum absolute atomic E-state index is 0.0674. The third-order valence-electron chi connectivity index (χ3n) is 5.59. The first-order valence-corrected chi connectivity index (χ1v) is 10.2. The van der Waals surface area contributed by atoms with Crippen LogP contribution >= 0.6 is 0 Å². The number of aryl methyl sites for hydroxylation is 1. The van der Waals surface area contributed by atoms with Gasteiger partial charge in [0.15, 0.2) is 0 Å². The molecule has 0 radical (unpaired) electrons. The number of piperidine rings is 1. The number of rotatable bonds is 5. The molecule has 160 valence electrons. The van der Waals surface area contributed by atoms with E-state index in [1.54, 1.807) is 36.1 Å². The van der Waals surface area contributed by atoms with Crippen LogP contribution in [0, 0.1) is 18.7 Å². The van der Waals surface area contributed by atoms with Crippen molar-refractivity contribution in [1.29, 1.82) is 0 Å². The number of benzene rings is 2. The van der Waals surface area contributed by atoms with E-state index in [-0.39, 0.29) is 30.1 Å². The van der Waals surface area contributed by atoms with Gasteiger partial charge in [-0.25, -0.2) is 4.39 Å². The summed E-state index contributed by atoms with van der Waals surface area (Å²) in [4.78, 5) is 27.4. The van der Waals surface area contributed by atoms with Crippen LogP contribution in [-0.4, -0.2) is 50.0 Å². The zero-order chi connectivity index (χ0) is 21.8. The van der Waals surface area contributed by atoms with E-state index in [4.69, 9.17) is 0 Å². The number of halogens is 1. The molecule has 4 rings (SSSR count). The predicted molar refractivity (Wildman–Crippen MR) is 111 cm³/mol. The lowest BCUT2D eigenvalue weighted by molar-refractivity contribution is -0.126. The largest absolute Gasteiger partial charge is 0.352 e. The highest BCUT2D eigenvalue weighted by atomic mass is 19.1. The summed E-state index contributed by atoms with van der Waals surface area (Å²) in [6.45, 7) is 2.96. The van der Waals surface area contributed by atoms with Crippen LogP contribution < -0.4 is 5.32 Å². The monoisotopic (exact) mass is 422 g/mol. The lowest BCUT2D eigenvalue weighted by Gasteiger charge is -2.31. The molecule has 2 amide bonds. The van der Waals surface area contributed by atoms with E-state index < -0.39 is 0 Å². The molecular weight excluding hydrogens is 399 g/mol. The number of carbonyl (C=O) groups excluding carboxylic acids is 2. The van der Waals surface area contributed by atoms with Crippen LogP contribution in [0.2, 0.25) is 0 Å². The smallest absolute Gasteiger partial charge is 0.256 e. The zero-order valence-corrected chi connectivity index (χ0v) is 17.2. The maximum atomic E-state index is 13.7. The molecule has 0 aliphatic carbocycles. The van der Waals surface area contributed by atoms with Crippen LogP contribution in [0.3, 0.4) is 0 Å². The molecule has 1 N–H and O–H groups in total. The molecule has 1 aliphatic heterocycles. The second-order valence-corrected chi connectivity index (χ2v) is 7.64. The van der Waals surface area contributed by atoms with Gasteiger partial charge in [-0.3, -0.25) is 9.59 Å². The number of amides is 2. The fourth-order valence-corrected chi connectivity index (χ4v) is 3.72. The zero-order valence-electron chi connectivity index (χ0n) is 17.2. The summed E-state index contributed by atoms with van der Waals surface area (Å²) in [7, 11) is 0. The number of hydrogen-bond acceptors (Lipinski definition) is 5. The standard InChI is InChI=1S/C22H23FN6O2/c1-15-6-7-16(12-19(15)23)13-24-21(30)17-8-10-28(11-9-17)22(31)18-4-2-3-5-20(18)29-14-25-26-27-29/h2-7,12,14,17H,8-11,13H2,1H3,(H,24,30). The first-order chi connectivity index (χ1) is 15.0. The molecule has 0 saturated carbocycles. The van der Waals surface area contributed by atoms with E-state index in [2.05, 4.69) is 20.8 Å². The van der Waals surface area contributed by atoms with Crippen molar-refractivity contribution in [1.82, 2.24) is 30.4 Å². The Morgan fingerprint density at radius 2 is 1.94 bits per heavy atom. The Bertz CT molecular complexity index is 1080. The van der Waals surface area contributed by atoms with Gasteiger partial charge in [0, 0.05) is 25.6 Å². The quantitative estimate of drug-likeness (QED) is 0.681. The number of likely N-dealkylation sites (tertiary alicyclic amines) is 1. The third-order valence-corrected chi connectivity index (χ3v) is 5.59. The summed E-state index contributed by atoms with van der Waals surface area (Å²) < 4.78 is 15.1. The summed E-state index contributed by atoms with van der Waals surface area (Å²) in [5, 5.41) is 14.0. The van der Waals surface area contributed by atoms with Gasteiger partial charge in [-0.15, -0.1) is 5.10 Å². The fraction of sp³-hybridized carbons (Fsp3) is 0.318. The number of nitrogens with one attached hydrogen (secondary N) is 1. The van der Waals surface area contributed by atoms with Crippen molar-refractivity contribution in [3.8, 4) is 5.69 Å². The normalized spacial score (nSPS) is 14.5. The molecule has 0 spiro atoms. The number of para-hydroxylation sites is 1. The molecule has 9 heteroatoms. The van der Waals surface area contributed by atoms with Crippen molar-refractivity contribution in [2.24, 2.45) is 5.92 Å². The van der Waals surface area contributed by atoms with Gasteiger partial charge in [0.1, 0.15) is 12.1 Å². The van der Waals surface area contributed by atoms with E-state index in [1.807, 2.05) is 12.1 Å². The molecule has 1 fully saturated rings. The van der Waals surface area contributed by atoms with Crippen molar-refractivity contribution < 1.29 is 14.0 Å². The highest BCUT2D eigenvalue weighted by Crippen LogP contribution is 2.22. The second-order valence-electron chi connectivity index (χ2n) is 7.64. The number of nitrogens with zero attached hydrogens (tertiary/aromatic N) is 5. The van der Waals surface area contributed by atoms with Gasteiger partial charge in [-0.1, -0.05) is 24.3 Å². The first-order valence-electron chi connectivity index (χ1n) is 10.2. The Morgan fingerprint density at radius 1 is 1.16 bits per heavy atom. The van der Waals surface area contributed by atoms with Crippen molar-refractivity contribution >= 4 is 11.8 Å². The molecular formula is C22H23FN6O2. The molecule has 2 aromatic carbocycles. The van der Waals surface area contributed by atoms with Crippen LogP contribution in [0.25, 0.3) is 5.69 Å². The van der Waals surface area contributed by atoms with Crippen LogP contribution in [0.4, 0.5) is 4.39 Å². The van der Waals surface area contributed by atoms with Crippen LogP contribution in [0.15, 0.2) is 48.8 Å². The number of tetrazole rings is 1. The van der Waals surface area contributed by atoms with E-state index in [1.165, 1.54) is 17.1 Å². The Hall–Kier alpha value is -3.62. The van der Waals surface area contributed by atoms with Crippen molar-refractivity contribution in [2.75, 3.05) is 13.1 Å². The molecule has 1 aliphatic rings. The van der Waals surface area contributed by atoms with Gasteiger partial charge in [0.05, 0.1) is 11.3 Å². The summed E-state index contributed by atoms with van der Waals surface area (Å²) >= 11 is 0. The number of hydrogen-bond donors (Lipinski definition) is 1. The highest BCUT2D eigenvalue weighted by Gasteiger charge is 2.29. The molecule has 0 atom stereocenters. The van der Waals surface area contributed by atoms with Gasteiger partial charge in [-0.05, 0) is 59.5 Å². The third kappa shape index (κ3) is 4.60. The average molecular weight is 422 g/mol. The lowest BCUT2D eigenvalue weighted by atomic mass is 9.95. The van der Waals surface area contributed by atoms with Gasteiger partial charge in [-0.2, -0.15) is 4.68 Å². The Morgan fingerprint density at radius 3 is 2.65 bits per heavy atom. The van der Waals surface area contributed by atoms with E-state index in [0.29, 0.717) is 42.7 Å². The van der Waals surface area contributed by atoms with Crippen molar-refractivity contribution in [3.05, 3.63) is 71.3 Å². The second kappa shape index (κ2) is 9.03. The molecule has 3 aromatic rings. The Labute approximate surface area is 179 Å². The molecule has 31 heavy (non-hydrogen) atoms. The van der Waals surface area contributed by atoms with Gasteiger partial charge >= 0.3 is 0 Å². The fourth-order valence-electron chi connectivity index (χ4n) is 3.72. The maximum absolute atomic E-state index is 13.7. The molecule has 1 saturated heterocycles. The molecule has 2 heterocycles. The van der Waals surface area contributed by atoms with Crippen LogP contribution in [-0.2, 0) is 11.3 Å². The summed E-state index contributed by atoms with van der Waals surface area (Å²) in [5.41, 5.74) is 2.43. The molecule has 1 aromatic heterocycles. The van der Waals surface area contributed by atoms with Gasteiger partial charge in [0.2, 0.25) is 5.91 Å². The molecule has 8 nitrogen and oxygen atoms in total. The molecule has 0 bridgehead atoms. The van der Waals surface area contributed by atoms with Crippen molar-refractivity contribution in [3.63, 3.8) is 0 Å². The minimum atomic E-state index is -0.277. The Balaban J connectivity index is 1.34. The number of aromatic nitrogens is 4. The van der Waals surface area contributed by atoms with Crippen LogP contribution in [0.5, 0.6) is 0 Å².